The van der Waals surface area contributed by atoms with Crippen molar-refractivity contribution in [1.82, 2.24) is 5.32 Å². The molecule has 0 saturated heterocycles. The third-order valence-corrected chi connectivity index (χ3v) is 6.89. The maximum absolute atomic E-state index is 14.7. The van der Waals surface area contributed by atoms with Gasteiger partial charge in [-0.1, -0.05) is 54.1 Å². The molecular formula is C25H22ClF3N2O5S. The predicted molar refractivity (Wildman–Crippen MR) is 134 cm³/mol. The van der Waals surface area contributed by atoms with E-state index < -0.39 is 29.7 Å². The van der Waals surface area contributed by atoms with Crippen LogP contribution in [0.4, 0.5) is 18.2 Å². The Kier molecular flexibility index (Phi) is 8.49. The monoisotopic (exact) mass is 554 g/mol. The molecule has 0 saturated carbocycles. The van der Waals surface area contributed by atoms with Crippen LogP contribution in [-0.4, -0.2) is 43.4 Å². The number of benzene rings is 2. The average molecular weight is 555 g/mol. The van der Waals surface area contributed by atoms with E-state index in [9.17, 15) is 27.6 Å². The molecule has 12 heteroatoms. The van der Waals surface area contributed by atoms with Gasteiger partial charge in [0.1, 0.15) is 5.00 Å². The summed E-state index contributed by atoms with van der Waals surface area (Å²) >= 11 is 6.78. The minimum Gasteiger partial charge on any atom is -0.466 e. The van der Waals surface area contributed by atoms with E-state index in [0.29, 0.717) is 16.0 Å². The summed E-state index contributed by atoms with van der Waals surface area (Å²) in [6, 6.07) is 14.0. The molecule has 0 aliphatic carbocycles. The van der Waals surface area contributed by atoms with E-state index in [0.717, 1.165) is 18.4 Å². The molecule has 1 aromatic heterocycles. The maximum Gasteiger partial charge on any atom is 0.441 e. The molecule has 2 N–H and O–H groups in total. The number of carbonyl (C=O) groups excluding carboxylic acids is 3. The first-order valence-electron chi connectivity index (χ1n) is 10.8. The quantitative estimate of drug-likeness (QED) is 0.269. The molecule has 3 rings (SSSR count). The van der Waals surface area contributed by atoms with Crippen LogP contribution in [0.2, 0.25) is 5.02 Å². The van der Waals surface area contributed by atoms with Crippen molar-refractivity contribution in [3.8, 4) is 10.4 Å². The number of nitrogens with one attached hydrogen (secondary N) is 2. The van der Waals surface area contributed by atoms with Crippen molar-refractivity contribution >= 4 is 45.8 Å². The van der Waals surface area contributed by atoms with Gasteiger partial charge in [-0.15, -0.1) is 11.3 Å². The zero-order chi connectivity index (χ0) is 27.4. The fourth-order valence-electron chi connectivity index (χ4n) is 3.51. The lowest BCUT2D eigenvalue weighted by Crippen LogP contribution is -2.69. The number of rotatable bonds is 8. The molecule has 0 aliphatic rings. The zero-order valence-corrected chi connectivity index (χ0v) is 21.4. The van der Waals surface area contributed by atoms with Crippen molar-refractivity contribution in [2.24, 2.45) is 0 Å². The smallest absolute Gasteiger partial charge is 0.441 e. The highest BCUT2D eigenvalue weighted by atomic mass is 35.5. The van der Waals surface area contributed by atoms with Crippen LogP contribution in [0.5, 0.6) is 0 Å². The van der Waals surface area contributed by atoms with E-state index >= 15 is 0 Å². The summed E-state index contributed by atoms with van der Waals surface area (Å²) in [5.74, 6) is -4.06. The Hall–Kier alpha value is -3.57. The van der Waals surface area contributed by atoms with Gasteiger partial charge in [-0.3, -0.25) is 4.79 Å². The van der Waals surface area contributed by atoms with Crippen LogP contribution in [0, 0.1) is 6.92 Å². The molecule has 7 nitrogen and oxygen atoms in total. The van der Waals surface area contributed by atoms with E-state index in [1.165, 1.54) is 24.3 Å². The maximum atomic E-state index is 14.7. The highest BCUT2D eigenvalue weighted by molar-refractivity contribution is 7.20. The largest absolute Gasteiger partial charge is 0.466 e. The molecule has 196 valence electrons. The Morgan fingerprint density at radius 2 is 1.65 bits per heavy atom. The van der Waals surface area contributed by atoms with Gasteiger partial charge in [0.05, 0.1) is 29.9 Å². The third kappa shape index (κ3) is 5.57. The first-order chi connectivity index (χ1) is 17.5. The minimum atomic E-state index is -5.42. The van der Waals surface area contributed by atoms with Crippen molar-refractivity contribution in [2.75, 3.05) is 19.0 Å². The van der Waals surface area contributed by atoms with Crippen LogP contribution >= 0.6 is 22.9 Å². The van der Waals surface area contributed by atoms with Crippen molar-refractivity contribution < 1.29 is 37.0 Å². The van der Waals surface area contributed by atoms with Crippen LogP contribution in [0.3, 0.4) is 0 Å². The molecule has 0 fully saturated rings. The van der Waals surface area contributed by atoms with Crippen molar-refractivity contribution in [3.05, 3.63) is 76.3 Å². The first-order valence-corrected chi connectivity index (χ1v) is 12.0. The lowest BCUT2D eigenvalue weighted by Gasteiger charge is -2.34. The Labute approximate surface area is 219 Å². The number of hydrogen-bond donors (Lipinski definition) is 2. The van der Waals surface area contributed by atoms with Gasteiger partial charge >= 0.3 is 23.8 Å². The number of ether oxygens (including phenoxy) is 2. The van der Waals surface area contributed by atoms with Gasteiger partial charge in [-0.2, -0.15) is 13.2 Å². The molecule has 1 heterocycles. The first kappa shape index (κ1) is 28.0. The van der Waals surface area contributed by atoms with Crippen LogP contribution in [0.25, 0.3) is 10.4 Å². The third-order valence-electron chi connectivity index (χ3n) is 5.30. The molecule has 3 aromatic rings. The van der Waals surface area contributed by atoms with Crippen molar-refractivity contribution in [2.45, 2.75) is 25.7 Å². The van der Waals surface area contributed by atoms with Gasteiger partial charge in [-0.25, -0.2) is 9.59 Å². The average Bonchev–Trinajstić information content (AvgIpc) is 3.18. The fraction of sp³-hybridized carbons (Fsp3) is 0.240. The van der Waals surface area contributed by atoms with Gasteiger partial charge in [0, 0.05) is 4.88 Å². The van der Waals surface area contributed by atoms with Crippen LogP contribution in [0.15, 0.2) is 54.6 Å². The molecule has 0 bridgehead atoms. The molecule has 1 amide bonds. The molecule has 0 spiro atoms. The Bertz CT molecular complexity index is 1310. The van der Waals surface area contributed by atoms with Crippen LogP contribution < -0.4 is 10.6 Å². The molecular weight excluding hydrogens is 533 g/mol. The predicted octanol–water partition coefficient (Wildman–Crippen LogP) is 5.83. The lowest BCUT2D eigenvalue weighted by atomic mass is 10.1. The molecule has 37 heavy (non-hydrogen) atoms. The fourth-order valence-corrected chi connectivity index (χ4v) is 4.99. The van der Waals surface area contributed by atoms with E-state index in [1.807, 2.05) is 0 Å². The summed E-state index contributed by atoms with van der Waals surface area (Å²) in [5, 5.41) is 3.32. The standard InChI is InChI=1S/C25H22ClF3N2O5S/c1-4-36-22(33)18-14(2)19(15-10-6-5-7-11-15)37-21(18)31-24(23(34)35-3,25(27,28)29)30-20(32)16-12-8-9-13-17(16)26/h5-13,31H,4H2,1-3H3,(H,30,32)/t24-/m0/s1. The van der Waals surface area contributed by atoms with E-state index in [-0.39, 0.29) is 27.8 Å². The minimum absolute atomic E-state index is 0.0428. The summed E-state index contributed by atoms with van der Waals surface area (Å²) < 4.78 is 53.5. The van der Waals surface area contributed by atoms with Gasteiger partial charge in [0.25, 0.3) is 5.91 Å². The number of halogens is 4. The lowest BCUT2D eigenvalue weighted by molar-refractivity contribution is -0.203. The Morgan fingerprint density at radius 1 is 1.03 bits per heavy atom. The molecule has 0 aliphatic heterocycles. The second kappa shape index (κ2) is 11.2. The number of anilines is 1. The van der Waals surface area contributed by atoms with Crippen LogP contribution in [-0.2, 0) is 14.3 Å². The number of alkyl halides is 3. The van der Waals surface area contributed by atoms with E-state index in [4.69, 9.17) is 16.3 Å². The topological polar surface area (TPSA) is 93.7 Å². The Morgan fingerprint density at radius 3 is 2.22 bits per heavy atom. The highest BCUT2D eigenvalue weighted by Crippen LogP contribution is 2.43. The number of esters is 2. The highest BCUT2D eigenvalue weighted by Gasteiger charge is 2.64. The molecule has 0 radical (unpaired) electrons. The summed E-state index contributed by atoms with van der Waals surface area (Å²) in [7, 11) is 0.744. The number of hydrogen-bond acceptors (Lipinski definition) is 7. The normalized spacial score (nSPS) is 12.8. The number of carbonyl (C=O) groups is 3. The van der Waals surface area contributed by atoms with Gasteiger partial charge in [-0.05, 0) is 37.1 Å². The van der Waals surface area contributed by atoms with Crippen molar-refractivity contribution in [3.63, 3.8) is 0 Å². The molecule has 0 unspecified atom stereocenters. The van der Waals surface area contributed by atoms with Gasteiger partial charge < -0.3 is 20.1 Å². The SMILES string of the molecule is CCOC(=O)c1c(N[C@@](NC(=O)c2ccccc2Cl)(C(=O)OC)C(F)(F)F)sc(-c2ccccc2)c1C. The number of thiophene rings is 1. The van der Waals surface area contributed by atoms with Gasteiger partial charge in [0.15, 0.2) is 0 Å². The van der Waals surface area contributed by atoms with Crippen LogP contribution in [0.1, 0.15) is 33.2 Å². The Balaban J connectivity index is 2.21. The zero-order valence-electron chi connectivity index (χ0n) is 19.9. The summed E-state index contributed by atoms with van der Waals surface area (Å²) in [5.41, 5.74) is -3.34. The summed E-state index contributed by atoms with van der Waals surface area (Å²) in [6.45, 7) is 3.05. The summed E-state index contributed by atoms with van der Waals surface area (Å²) in [6.07, 6.45) is -5.42. The summed E-state index contributed by atoms with van der Waals surface area (Å²) in [4.78, 5) is 39.0. The molecule has 2 aromatic carbocycles. The number of amides is 1. The van der Waals surface area contributed by atoms with E-state index in [1.54, 1.807) is 49.5 Å². The number of methoxy groups -OCH3 is 1. The van der Waals surface area contributed by atoms with Crippen molar-refractivity contribution in [1.29, 1.82) is 0 Å². The second-order valence-electron chi connectivity index (χ2n) is 7.65. The van der Waals surface area contributed by atoms with Gasteiger partial charge in [0.2, 0.25) is 0 Å². The van der Waals surface area contributed by atoms with E-state index in [2.05, 4.69) is 10.1 Å². The second-order valence-corrected chi connectivity index (χ2v) is 9.07. The molecule has 1 atom stereocenters.